The van der Waals surface area contributed by atoms with Crippen LogP contribution < -0.4 is 11.1 Å². The smallest absolute Gasteiger partial charge is 0.252 e. The van der Waals surface area contributed by atoms with Gasteiger partial charge in [-0.25, -0.2) is 0 Å². The van der Waals surface area contributed by atoms with Gasteiger partial charge in [-0.3, -0.25) is 4.79 Å². The lowest BCUT2D eigenvalue weighted by Crippen LogP contribution is -2.37. The molecule has 15 heavy (non-hydrogen) atoms. The lowest BCUT2D eigenvalue weighted by atomic mass is 10.2. The van der Waals surface area contributed by atoms with Crippen LogP contribution >= 0.6 is 27.5 Å². The summed E-state index contributed by atoms with van der Waals surface area (Å²) >= 11 is 9.10. The van der Waals surface area contributed by atoms with Gasteiger partial charge in [-0.2, -0.15) is 0 Å². The van der Waals surface area contributed by atoms with Crippen LogP contribution in [-0.4, -0.2) is 18.5 Å². The average molecular weight is 292 g/mol. The van der Waals surface area contributed by atoms with Gasteiger partial charge in [0.15, 0.2) is 0 Å². The fourth-order valence-corrected chi connectivity index (χ4v) is 1.63. The number of carbonyl (C=O) groups excluding carboxylic acids is 1. The summed E-state index contributed by atoms with van der Waals surface area (Å²) in [6, 6.07) is 5.02. The van der Waals surface area contributed by atoms with Gasteiger partial charge in [0.25, 0.3) is 5.91 Å². The monoisotopic (exact) mass is 290 g/mol. The quantitative estimate of drug-likeness (QED) is 0.897. The molecule has 0 fully saturated rings. The van der Waals surface area contributed by atoms with E-state index in [1.165, 1.54) is 0 Å². The maximum atomic E-state index is 11.7. The Morgan fingerprint density at radius 2 is 2.33 bits per heavy atom. The summed E-state index contributed by atoms with van der Waals surface area (Å²) in [6.45, 7) is 2.25. The topological polar surface area (TPSA) is 55.1 Å². The van der Waals surface area contributed by atoms with Crippen LogP contribution in [0.4, 0.5) is 0 Å². The van der Waals surface area contributed by atoms with Crippen LogP contribution in [0.2, 0.25) is 5.02 Å². The third-order valence-corrected chi connectivity index (χ3v) is 2.83. The van der Waals surface area contributed by atoms with Gasteiger partial charge >= 0.3 is 0 Å². The first-order valence-electron chi connectivity index (χ1n) is 4.50. The minimum atomic E-state index is -0.178. The van der Waals surface area contributed by atoms with Crippen molar-refractivity contribution in [1.82, 2.24) is 5.32 Å². The zero-order valence-corrected chi connectivity index (χ0v) is 10.6. The van der Waals surface area contributed by atoms with Gasteiger partial charge in [0.2, 0.25) is 0 Å². The Labute approximate surface area is 102 Å². The summed E-state index contributed by atoms with van der Waals surface area (Å²) < 4.78 is 0.716. The van der Waals surface area contributed by atoms with Gasteiger partial charge in [0, 0.05) is 22.1 Å². The lowest BCUT2D eigenvalue weighted by Gasteiger charge is -2.12. The summed E-state index contributed by atoms with van der Waals surface area (Å²) in [5.74, 6) is -0.178. The van der Waals surface area contributed by atoms with Gasteiger partial charge in [-0.15, -0.1) is 0 Å². The van der Waals surface area contributed by atoms with E-state index in [9.17, 15) is 4.79 Å². The first-order chi connectivity index (χ1) is 7.04. The number of hydrogen-bond donors (Lipinski definition) is 2. The van der Waals surface area contributed by atoms with E-state index in [2.05, 4.69) is 21.2 Å². The first kappa shape index (κ1) is 12.5. The minimum Gasteiger partial charge on any atom is -0.348 e. The molecule has 0 heterocycles. The number of halogens is 2. The van der Waals surface area contributed by atoms with Crippen molar-refractivity contribution in [2.75, 3.05) is 6.54 Å². The van der Waals surface area contributed by atoms with Crippen LogP contribution in [0.1, 0.15) is 17.3 Å². The molecule has 1 rings (SSSR count). The molecule has 0 unspecified atom stereocenters. The molecule has 0 radical (unpaired) electrons. The molecule has 1 atom stereocenters. The van der Waals surface area contributed by atoms with Gasteiger partial charge in [0.05, 0.1) is 5.56 Å². The summed E-state index contributed by atoms with van der Waals surface area (Å²) in [4.78, 5) is 11.7. The Kier molecular flexibility index (Phi) is 4.57. The molecule has 3 nitrogen and oxygen atoms in total. The molecule has 3 N–H and O–H groups in total. The van der Waals surface area contributed by atoms with Crippen molar-refractivity contribution in [3.05, 3.63) is 33.3 Å². The fourth-order valence-electron chi connectivity index (χ4n) is 1.03. The highest BCUT2D eigenvalue weighted by molar-refractivity contribution is 9.10. The van der Waals surface area contributed by atoms with Crippen LogP contribution in [0.25, 0.3) is 0 Å². The van der Waals surface area contributed by atoms with Crippen LogP contribution in [-0.2, 0) is 0 Å². The first-order valence-corrected chi connectivity index (χ1v) is 5.67. The van der Waals surface area contributed by atoms with Crippen molar-refractivity contribution in [2.45, 2.75) is 13.0 Å². The van der Waals surface area contributed by atoms with Crippen molar-refractivity contribution < 1.29 is 4.79 Å². The highest BCUT2D eigenvalue weighted by Gasteiger charge is 2.12. The number of benzene rings is 1. The minimum absolute atomic E-state index is 0.0524. The molecule has 82 valence electrons. The van der Waals surface area contributed by atoms with Crippen molar-refractivity contribution >= 4 is 33.4 Å². The van der Waals surface area contributed by atoms with E-state index in [0.717, 1.165) is 0 Å². The van der Waals surface area contributed by atoms with Crippen molar-refractivity contribution in [3.63, 3.8) is 0 Å². The summed E-state index contributed by atoms with van der Waals surface area (Å²) in [6.07, 6.45) is 0. The molecule has 0 saturated heterocycles. The molecule has 1 aromatic carbocycles. The Balaban J connectivity index is 2.86. The third kappa shape index (κ3) is 3.48. The molecular weight excluding hydrogens is 279 g/mol. The van der Waals surface area contributed by atoms with E-state index in [-0.39, 0.29) is 11.9 Å². The Morgan fingerprint density at radius 1 is 1.67 bits per heavy atom. The lowest BCUT2D eigenvalue weighted by molar-refractivity contribution is 0.0940. The number of rotatable bonds is 3. The Hall–Kier alpha value is -0.580. The molecule has 5 heteroatoms. The number of nitrogens with one attached hydrogen (secondary N) is 1. The zero-order chi connectivity index (χ0) is 11.4. The second-order valence-electron chi connectivity index (χ2n) is 3.23. The molecule has 1 amide bonds. The number of carbonyl (C=O) groups is 1. The largest absolute Gasteiger partial charge is 0.348 e. The molecule has 0 aliphatic rings. The van der Waals surface area contributed by atoms with Crippen LogP contribution in [0.5, 0.6) is 0 Å². The normalized spacial score (nSPS) is 12.3. The predicted octanol–water partition coefficient (Wildman–Crippen LogP) is 2.18. The van der Waals surface area contributed by atoms with Gasteiger partial charge in [-0.05, 0) is 41.1 Å². The molecule has 0 aliphatic heterocycles. The maximum absolute atomic E-state index is 11.7. The number of hydrogen-bond acceptors (Lipinski definition) is 2. The third-order valence-electron chi connectivity index (χ3n) is 1.90. The van der Waals surface area contributed by atoms with E-state index >= 15 is 0 Å². The van der Waals surface area contributed by atoms with E-state index in [1.807, 2.05) is 6.92 Å². The molecule has 0 aromatic heterocycles. The van der Waals surface area contributed by atoms with Gasteiger partial charge in [-0.1, -0.05) is 11.6 Å². The standard InChI is InChI=1S/C10H12BrClN2O/c1-6(5-13)14-10(15)8-4-7(12)2-3-9(8)11/h2-4,6H,5,13H2,1H3,(H,14,15)/t6-/m1/s1. The van der Waals surface area contributed by atoms with Crippen LogP contribution in [0.15, 0.2) is 22.7 Å². The molecule has 0 aliphatic carbocycles. The highest BCUT2D eigenvalue weighted by atomic mass is 79.9. The SMILES string of the molecule is C[C@H](CN)NC(=O)c1cc(Cl)ccc1Br. The van der Waals surface area contributed by atoms with Crippen LogP contribution in [0, 0.1) is 0 Å². The maximum Gasteiger partial charge on any atom is 0.252 e. The fraction of sp³-hybridized carbons (Fsp3) is 0.300. The average Bonchev–Trinajstić information content (AvgIpc) is 2.21. The van der Waals surface area contributed by atoms with E-state index in [1.54, 1.807) is 18.2 Å². The predicted molar refractivity (Wildman–Crippen MR) is 65.1 cm³/mol. The molecule has 0 bridgehead atoms. The van der Waals surface area contributed by atoms with Gasteiger partial charge in [0.1, 0.15) is 0 Å². The van der Waals surface area contributed by atoms with Crippen molar-refractivity contribution in [1.29, 1.82) is 0 Å². The number of amides is 1. The van der Waals surface area contributed by atoms with Crippen LogP contribution in [0.3, 0.4) is 0 Å². The molecular formula is C10H12BrClN2O. The molecule has 0 spiro atoms. The van der Waals surface area contributed by atoms with Gasteiger partial charge < -0.3 is 11.1 Å². The van der Waals surface area contributed by atoms with E-state index in [4.69, 9.17) is 17.3 Å². The van der Waals surface area contributed by atoms with Crippen molar-refractivity contribution in [2.24, 2.45) is 5.73 Å². The summed E-state index contributed by atoms with van der Waals surface area (Å²) in [5.41, 5.74) is 5.93. The van der Waals surface area contributed by atoms with E-state index < -0.39 is 0 Å². The zero-order valence-electron chi connectivity index (χ0n) is 8.26. The second kappa shape index (κ2) is 5.49. The molecule has 1 aromatic rings. The van der Waals surface area contributed by atoms with Crippen molar-refractivity contribution in [3.8, 4) is 0 Å². The summed E-state index contributed by atoms with van der Waals surface area (Å²) in [7, 11) is 0. The highest BCUT2D eigenvalue weighted by Crippen LogP contribution is 2.21. The van der Waals surface area contributed by atoms with E-state index in [0.29, 0.717) is 21.6 Å². The Morgan fingerprint density at radius 3 is 2.93 bits per heavy atom. The summed E-state index contributed by atoms with van der Waals surface area (Å²) in [5, 5.41) is 3.29. The Bertz CT molecular complexity index is 370. The second-order valence-corrected chi connectivity index (χ2v) is 4.53. The molecule has 0 saturated carbocycles. The number of nitrogens with two attached hydrogens (primary N) is 1.